The van der Waals surface area contributed by atoms with Crippen molar-refractivity contribution in [3.63, 3.8) is 0 Å². The molecule has 0 unspecified atom stereocenters. The van der Waals surface area contributed by atoms with E-state index in [2.05, 4.69) is 71.9 Å². The summed E-state index contributed by atoms with van der Waals surface area (Å²) in [5.41, 5.74) is 2.42. The van der Waals surface area contributed by atoms with Crippen LogP contribution in [0.4, 0.5) is 0 Å². The molecule has 2 N–H and O–H groups in total. The van der Waals surface area contributed by atoms with Crippen molar-refractivity contribution in [3.05, 3.63) is 72.5 Å². The van der Waals surface area contributed by atoms with E-state index in [-0.39, 0.29) is 5.91 Å². The van der Waals surface area contributed by atoms with Gasteiger partial charge in [-0.1, -0.05) is 74.4 Å². The second-order valence-electron chi connectivity index (χ2n) is 8.09. The van der Waals surface area contributed by atoms with Crippen molar-refractivity contribution in [2.75, 3.05) is 6.54 Å². The number of hydrogen-bond acceptors (Lipinski definition) is 1. The summed E-state index contributed by atoms with van der Waals surface area (Å²) in [6.07, 6.45) is 27.3. The molecule has 0 saturated carbocycles. The van der Waals surface area contributed by atoms with Crippen molar-refractivity contribution in [2.24, 2.45) is 0 Å². The van der Waals surface area contributed by atoms with Crippen LogP contribution in [-0.2, 0) is 11.2 Å². The van der Waals surface area contributed by atoms with Gasteiger partial charge in [0.2, 0.25) is 5.91 Å². The molecule has 0 aliphatic rings. The number of aromatic amines is 1. The number of allylic oxidation sites excluding steroid dienone is 6. The maximum absolute atomic E-state index is 12.0. The van der Waals surface area contributed by atoms with Gasteiger partial charge in [0.15, 0.2) is 0 Å². The molecule has 2 rings (SSSR count). The number of H-pyrrole nitrogens is 1. The first-order chi connectivity index (χ1) is 15.3. The maximum Gasteiger partial charge on any atom is 0.220 e. The molecule has 0 saturated heterocycles. The monoisotopic (exact) mass is 420 g/mol. The van der Waals surface area contributed by atoms with Crippen molar-refractivity contribution >= 4 is 16.8 Å². The van der Waals surface area contributed by atoms with Gasteiger partial charge in [-0.2, -0.15) is 0 Å². The largest absolute Gasteiger partial charge is 0.361 e. The number of nitrogens with one attached hydrogen (secondary N) is 2. The third-order valence-corrected chi connectivity index (χ3v) is 5.43. The number of hydrogen-bond donors (Lipinski definition) is 2. The molecule has 0 aliphatic carbocycles. The molecule has 0 aliphatic heterocycles. The lowest BCUT2D eigenvalue weighted by molar-refractivity contribution is -0.121. The Kier molecular flexibility index (Phi) is 12.9. The van der Waals surface area contributed by atoms with E-state index in [4.69, 9.17) is 0 Å². The van der Waals surface area contributed by atoms with Crippen LogP contribution in [0.2, 0.25) is 0 Å². The topological polar surface area (TPSA) is 44.9 Å². The summed E-state index contributed by atoms with van der Waals surface area (Å²) in [7, 11) is 0. The highest BCUT2D eigenvalue weighted by molar-refractivity contribution is 5.83. The van der Waals surface area contributed by atoms with Crippen LogP contribution in [0.3, 0.4) is 0 Å². The molecular formula is C28H40N2O. The molecule has 1 heterocycles. The zero-order valence-corrected chi connectivity index (χ0v) is 19.2. The normalized spacial score (nSPS) is 12.0. The number of fused-ring (bicyclic) bond motifs is 1. The summed E-state index contributed by atoms with van der Waals surface area (Å²) >= 11 is 0. The van der Waals surface area contributed by atoms with E-state index in [1.54, 1.807) is 0 Å². The molecule has 0 bridgehead atoms. The van der Waals surface area contributed by atoms with E-state index in [0.29, 0.717) is 13.0 Å². The van der Waals surface area contributed by atoms with Gasteiger partial charge in [-0.05, 0) is 63.0 Å². The maximum atomic E-state index is 12.0. The smallest absolute Gasteiger partial charge is 0.220 e. The van der Waals surface area contributed by atoms with Gasteiger partial charge in [-0.25, -0.2) is 0 Å². The third-order valence-electron chi connectivity index (χ3n) is 5.43. The van der Waals surface area contributed by atoms with Gasteiger partial charge in [-0.15, -0.1) is 0 Å². The summed E-state index contributed by atoms with van der Waals surface area (Å²) in [5, 5.41) is 4.30. The van der Waals surface area contributed by atoms with Crippen molar-refractivity contribution in [3.8, 4) is 0 Å². The molecule has 3 heteroatoms. The van der Waals surface area contributed by atoms with Crippen LogP contribution in [0, 0.1) is 0 Å². The van der Waals surface area contributed by atoms with Crippen LogP contribution in [0.25, 0.3) is 10.9 Å². The highest BCUT2D eigenvalue weighted by Gasteiger charge is 2.04. The van der Waals surface area contributed by atoms with Gasteiger partial charge in [-0.3, -0.25) is 4.79 Å². The predicted molar refractivity (Wildman–Crippen MR) is 134 cm³/mol. The highest BCUT2D eigenvalue weighted by atomic mass is 16.1. The average Bonchev–Trinajstić information content (AvgIpc) is 3.19. The van der Waals surface area contributed by atoms with Crippen LogP contribution in [-0.4, -0.2) is 17.4 Å². The van der Waals surface area contributed by atoms with Gasteiger partial charge in [0.05, 0.1) is 0 Å². The zero-order chi connectivity index (χ0) is 22.0. The number of unbranched alkanes of at least 4 members (excludes halogenated alkanes) is 5. The summed E-state index contributed by atoms with van der Waals surface area (Å²) in [4.78, 5) is 15.3. The molecule has 0 fully saturated rings. The van der Waals surface area contributed by atoms with Gasteiger partial charge in [0.25, 0.3) is 0 Å². The lowest BCUT2D eigenvalue weighted by atomic mass is 10.1. The third kappa shape index (κ3) is 10.9. The molecule has 1 aromatic carbocycles. The Morgan fingerprint density at radius 2 is 1.58 bits per heavy atom. The Balaban J connectivity index is 1.43. The van der Waals surface area contributed by atoms with E-state index in [9.17, 15) is 4.79 Å². The average molecular weight is 421 g/mol. The summed E-state index contributed by atoms with van der Waals surface area (Å²) in [6, 6.07) is 8.29. The highest BCUT2D eigenvalue weighted by Crippen LogP contribution is 2.17. The second kappa shape index (κ2) is 16.2. The Bertz CT molecular complexity index is 828. The van der Waals surface area contributed by atoms with Crippen molar-refractivity contribution < 1.29 is 4.79 Å². The Hall–Kier alpha value is -2.55. The van der Waals surface area contributed by atoms with Crippen LogP contribution in [0.15, 0.2) is 66.9 Å². The predicted octanol–water partition coefficient (Wildman–Crippen LogP) is 7.42. The zero-order valence-electron chi connectivity index (χ0n) is 19.2. The standard InChI is InChI=1S/C28H40N2O/c1-2-3-4-5-6-7-8-9-10-11-12-13-14-15-16-21-28(31)29-23-22-25-24-30-27-20-18-17-19-26(25)27/h6-7,9-10,12-13,17-20,24,30H,2-5,8,11,14-16,21-23H2,1H3,(H,29,31)/b7-6-,10-9-,13-12-. The van der Waals surface area contributed by atoms with Gasteiger partial charge in [0, 0.05) is 30.1 Å². The number of aromatic nitrogens is 1. The number of carbonyl (C=O) groups is 1. The SMILES string of the molecule is CCCCC/C=C\C/C=C\C/C=C\CCCCC(=O)NCCc1c[nH]c2ccccc12. The minimum Gasteiger partial charge on any atom is -0.361 e. The van der Waals surface area contributed by atoms with E-state index in [1.165, 1.54) is 36.6 Å². The van der Waals surface area contributed by atoms with E-state index >= 15 is 0 Å². The number of rotatable bonds is 16. The molecule has 0 radical (unpaired) electrons. The minimum atomic E-state index is 0.162. The Labute approximate surface area is 188 Å². The molecule has 31 heavy (non-hydrogen) atoms. The number of benzene rings is 1. The van der Waals surface area contributed by atoms with E-state index in [1.807, 2.05) is 12.3 Å². The Morgan fingerprint density at radius 3 is 2.32 bits per heavy atom. The number of para-hydroxylation sites is 1. The first-order valence-electron chi connectivity index (χ1n) is 12.1. The lowest BCUT2D eigenvalue weighted by Crippen LogP contribution is -2.25. The molecule has 0 atom stereocenters. The number of amides is 1. The van der Waals surface area contributed by atoms with Crippen molar-refractivity contribution in [1.29, 1.82) is 0 Å². The van der Waals surface area contributed by atoms with Crippen molar-refractivity contribution in [2.45, 2.75) is 77.6 Å². The fraction of sp³-hybridized carbons (Fsp3) is 0.464. The second-order valence-corrected chi connectivity index (χ2v) is 8.09. The van der Waals surface area contributed by atoms with Gasteiger partial charge in [0.1, 0.15) is 0 Å². The molecular weight excluding hydrogens is 380 g/mol. The molecule has 168 valence electrons. The van der Waals surface area contributed by atoms with E-state index in [0.717, 1.165) is 44.0 Å². The fourth-order valence-electron chi connectivity index (χ4n) is 3.60. The summed E-state index contributed by atoms with van der Waals surface area (Å²) in [6.45, 7) is 2.94. The molecule has 1 amide bonds. The fourth-order valence-corrected chi connectivity index (χ4v) is 3.60. The number of carbonyl (C=O) groups excluding carboxylic acids is 1. The summed E-state index contributed by atoms with van der Waals surface area (Å²) in [5.74, 6) is 0.162. The lowest BCUT2D eigenvalue weighted by Gasteiger charge is -2.04. The molecule has 1 aromatic heterocycles. The van der Waals surface area contributed by atoms with E-state index < -0.39 is 0 Å². The molecule has 3 nitrogen and oxygen atoms in total. The van der Waals surface area contributed by atoms with Crippen LogP contribution < -0.4 is 5.32 Å². The minimum absolute atomic E-state index is 0.162. The molecule has 2 aromatic rings. The van der Waals surface area contributed by atoms with Gasteiger partial charge >= 0.3 is 0 Å². The van der Waals surface area contributed by atoms with Crippen molar-refractivity contribution in [1.82, 2.24) is 10.3 Å². The van der Waals surface area contributed by atoms with Gasteiger partial charge < -0.3 is 10.3 Å². The quantitative estimate of drug-likeness (QED) is 0.215. The first-order valence-corrected chi connectivity index (χ1v) is 12.1. The van der Waals surface area contributed by atoms with Crippen LogP contribution >= 0.6 is 0 Å². The van der Waals surface area contributed by atoms with Crippen LogP contribution in [0.5, 0.6) is 0 Å². The van der Waals surface area contributed by atoms with Crippen LogP contribution in [0.1, 0.15) is 76.7 Å². The Morgan fingerprint density at radius 1 is 0.903 bits per heavy atom. The molecule has 0 spiro atoms. The summed E-state index contributed by atoms with van der Waals surface area (Å²) < 4.78 is 0. The first kappa shape index (κ1) is 24.7.